The molecule has 0 heterocycles. The molecule has 0 amide bonds. The molecule has 1 N–H and O–H groups in total. The van der Waals surface area contributed by atoms with E-state index < -0.39 is 5.97 Å². The fourth-order valence-electron chi connectivity index (χ4n) is 2.11. The lowest BCUT2D eigenvalue weighted by molar-refractivity contribution is -0.132. The van der Waals surface area contributed by atoms with E-state index >= 15 is 0 Å². The normalized spacial score (nSPS) is 11.0. The number of hydrogen-bond donors (Lipinski definition) is 1. The summed E-state index contributed by atoms with van der Waals surface area (Å²) in [6.07, 6.45) is 2.19. The third-order valence-corrected chi connectivity index (χ3v) is 3.22. The first-order chi connectivity index (χ1) is 11.7. The Hall–Kier alpha value is -3.08. The number of carbonyl (C=O) groups is 2. The molecule has 5 nitrogen and oxygen atoms in total. The van der Waals surface area contributed by atoms with Gasteiger partial charge in [-0.15, -0.1) is 0 Å². The Labute approximate surface area is 140 Å². The standard InChI is InChI=1S/C19H18O5/c1-2-23-17-10-6-9-15(12-20)18(17)24-13-16(19(21)22)11-14-7-4-3-5-8-14/h3-12H,2,13H2,1H3,(H,21,22). The molecule has 0 spiro atoms. The van der Waals surface area contributed by atoms with Gasteiger partial charge in [-0.1, -0.05) is 36.4 Å². The SMILES string of the molecule is CCOc1cccc(C=O)c1OCC(=Cc1ccccc1)C(=O)O. The molecule has 0 aliphatic carbocycles. The lowest BCUT2D eigenvalue weighted by Gasteiger charge is -2.14. The molecule has 124 valence electrons. The van der Waals surface area contributed by atoms with Crippen LogP contribution in [0, 0.1) is 0 Å². The predicted octanol–water partition coefficient (Wildman–Crippen LogP) is 3.44. The van der Waals surface area contributed by atoms with Crippen molar-refractivity contribution >= 4 is 18.3 Å². The van der Waals surface area contributed by atoms with Crippen LogP contribution < -0.4 is 9.47 Å². The maximum atomic E-state index is 11.4. The molecule has 2 aromatic carbocycles. The number of carbonyl (C=O) groups excluding carboxylic acids is 1. The fraction of sp³-hybridized carbons (Fsp3) is 0.158. The second kappa shape index (κ2) is 8.53. The van der Waals surface area contributed by atoms with E-state index in [1.54, 1.807) is 30.3 Å². The molecular formula is C19H18O5. The summed E-state index contributed by atoms with van der Waals surface area (Å²) in [4.78, 5) is 22.6. The van der Waals surface area contributed by atoms with Crippen molar-refractivity contribution in [1.29, 1.82) is 0 Å². The Morgan fingerprint density at radius 1 is 1.08 bits per heavy atom. The number of aldehydes is 1. The average Bonchev–Trinajstić information content (AvgIpc) is 2.60. The predicted molar refractivity (Wildman–Crippen MR) is 90.5 cm³/mol. The molecule has 0 radical (unpaired) electrons. The zero-order chi connectivity index (χ0) is 17.4. The minimum Gasteiger partial charge on any atom is -0.490 e. The van der Waals surface area contributed by atoms with Gasteiger partial charge in [0.2, 0.25) is 0 Å². The van der Waals surface area contributed by atoms with Crippen LogP contribution in [0.25, 0.3) is 6.08 Å². The Balaban J connectivity index is 2.26. The van der Waals surface area contributed by atoms with Crippen molar-refractivity contribution < 1.29 is 24.2 Å². The van der Waals surface area contributed by atoms with Crippen molar-refractivity contribution in [1.82, 2.24) is 0 Å². The number of carboxylic acids is 1. The van der Waals surface area contributed by atoms with E-state index in [1.165, 1.54) is 6.08 Å². The highest BCUT2D eigenvalue weighted by molar-refractivity contribution is 5.92. The van der Waals surface area contributed by atoms with Crippen molar-refractivity contribution in [3.63, 3.8) is 0 Å². The molecule has 5 heteroatoms. The van der Waals surface area contributed by atoms with Crippen LogP contribution >= 0.6 is 0 Å². The third kappa shape index (κ3) is 4.46. The largest absolute Gasteiger partial charge is 0.490 e. The maximum Gasteiger partial charge on any atom is 0.335 e. The molecule has 0 aliphatic heterocycles. The lowest BCUT2D eigenvalue weighted by Crippen LogP contribution is -2.12. The summed E-state index contributed by atoms with van der Waals surface area (Å²) >= 11 is 0. The average molecular weight is 326 g/mol. The Kier molecular flexibility index (Phi) is 6.14. The van der Waals surface area contributed by atoms with Crippen LogP contribution in [0.15, 0.2) is 54.1 Å². The van der Waals surface area contributed by atoms with Crippen LogP contribution in [0.1, 0.15) is 22.8 Å². The Morgan fingerprint density at radius 3 is 2.46 bits per heavy atom. The van der Waals surface area contributed by atoms with Gasteiger partial charge in [-0.2, -0.15) is 0 Å². The number of benzene rings is 2. The molecule has 0 aromatic heterocycles. The molecule has 2 rings (SSSR count). The highest BCUT2D eigenvalue weighted by Crippen LogP contribution is 2.30. The van der Waals surface area contributed by atoms with E-state index in [-0.39, 0.29) is 17.9 Å². The van der Waals surface area contributed by atoms with Crippen molar-refractivity contribution in [2.24, 2.45) is 0 Å². The minimum atomic E-state index is -1.08. The number of carboxylic acid groups (broad SMARTS) is 1. The van der Waals surface area contributed by atoms with E-state index in [0.717, 1.165) is 5.56 Å². The molecule has 0 unspecified atom stereocenters. The second-order valence-electron chi connectivity index (χ2n) is 4.90. The van der Waals surface area contributed by atoms with Crippen LogP contribution in [-0.2, 0) is 4.79 Å². The van der Waals surface area contributed by atoms with Crippen LogP contribution in [0.2, 0.25) is 0 Å². The van der Waals surface area contributed by atoms with Gasteiger partial charge in [0.25, 0.3) is 0 Å². The van der Waals surface area contributed by atoms with Gasteiger partial charge in [-0.25, -0.2) is 4.79 Å². The summed E-state index contributed by atoms with van der Waals surface area (Å²) in [6, 6.07) is 14.0. The summed E-state index contributed by atoms with van der Waals surface area (Å²) in [5.41, 5.74) is 1.14. The highest BCUT2D eigenvalue weighted by Gasteiger charge is 2.14. The van der Waals surface area contributed by atoms with Crippen LogP contribution in [0.4, 0.5) is 0 Å². The molecule has 2 aromatic rings. The van der Waals surface area contributed by atoms with E-state index in [9.17, 15) is 14.7 Å². The zero-order valence-corrected chi connectivity index (χ0v) is 13.3. The number of hydrogen-bond acceptors (Lipinski definition) is 4. The summed E-state index contributed by atoms with van der Waals surface area (Å²) < 4.78 is 11.0. The van der Waals surface area contributed by atoms with Gasteiger partial charge in [0, 0.05) is 0 Å². The van der Waals surface area contributed by atoms with Crippen molar-refractivity contribution in [3.8, 4) is 11.5 Å². The van der Waals surface area contributed by atoms with E-state index in [2.05, 4.69) is 0 Å². The van der Waals surface area contributed by atoms with Crippen molar-refractivity contribution in [2.75, 3.05) is 13.2 Å². The quantitative estimate of drug-likeness (QED) is 0.594. The topological polar surface area (TPSA) is 72.8 Å². The van der Waals surface area contributed by atoms with Crippen LogP contribution in [0.3, 0.4) is 0 Å². The summed E-state index contributed by atoms with van der Waals surface area (Å²) in [7, 11) is 0. The highest BCUT2D eigenvalue weighted by atomic mass is 16.5. The molecule has 0 aliphatic rings. The number of ether oxygens (including phenoxy) is 2. The molecule has 0 fully saturated rings. The van der Waals surface area contributed by atoms with Gasteiger partial charge in [0.05, 0.1) is 17.7 Å². The summed E-state index contributed by atoms with van der Waals surface area (Å²) in [5, 5.41) is 9.36. The van der Waals surface area contributed by atoms with Crippen molar-refractivity contribution in [2.45, 2.75) is 6.92 Å². The maximum absolute atomic E-state index is 11.4. The van der Waals surface area contributed by atoms with Gasteiger partial charge in [-0.05, 0) is 30.7 Å². The zero-order valence-electron chi connectivity index (χ0n) is 13.3. The van der Waals surface area contributed by atoms with Gasteiger partial charge >= 0.3 is 5.97 Å². The first-order valence-electron chi connectivity index (χ1n) is 7.48. The lowest BCUT2D eigenvalue weighted by atomic mass is 10.1. The monoisotopic (exact) mass is 326 g/mol. The van der Waals surface area contributed by atoms with E-state index in [0.29, 0.717) is 24.2 Å². The summed E-state index contributed by atoms with van der Waals surface area (Å²) in [6.45, 7) is 2.04. The minimum absolute atomic E-state index is 0.0735. The Bertz CT molecular complexity index is 735. The second-order valence-corrected chi connectivity index (χ2v) is 4.90. The number of rotatable bonds is 8. The molecule has 0 atom stereocenters. The molecule has 0 saturated carbocycles. The number of para-hydroxylation sites is 1. The smallest absolute Gasteiger partial charge is 0.335 e. The fourth-order valence-corrected chi connectivity index (χ4v) is 2.11. The van der Waals surface area contributed by atoms with Crippen molar-refractivity contribution in [3.05, 3.63) is 65.2 Å². The van der Waals surface area contributed by atoms with E-state index in [4.69, 9.17) is 9.47 Å². The van der Waals surface area contributed by atoms with Gasteiger partial charge in [-0.3, -0.25) is 4.79 Å². The Morgan fingerprint density at radius 2 is 1.83 bits per heavy atom. The van der Waals surface area contributed by atoms with Gasteiger partial charge in [0.15, 0.2) is 17.8 Å². The van der Waals surface area contributed by atoms with Crippen LogP contribution in [0.5, 0.6) is 11.5 Å². The first kappa shape index (κ1) is 17.3. The first-order valence-corrected chi connectivity index (χ1v) is 7.48. The van der Waals surface area contributed by atoms with Gasteiger partial charge in [0.1, 0.15) is 6.61 Å². The molecule has 0 saturated heterocycles. The van der Waals surface area contributed by atoms with Crippen LogP contribution in [-0.4, -0.2) is 30.6 Å². The molecule has 24 heavy (non-hydrogen) atoms. The van der Waals surface area contributed by atoms with E-state index in [1.807, 2.05) is 25.1 Å². The molecular weight excluding hydrogens is 308 g/mol. The van der Waals surface area contributed by atoms with Gasteiger partial charge < -0.3 is 14.6 Å². The molecule has 0 bridgehead atoms. The summed E-state index contributed by atoms with van der Waals surface area (Å²) in [5.74, 6) is -0.429. The number of aliphatic carboxylic acids is 1. The third-order valence-electron chi connectivity index (χ3n) is 3.22.